The van der Waals surface area contributed by atoms with Gasteiger partial charge in [-0.25, -0.2) is 0 Å². The lowest BCUT2D eigenvalue weighted by Gasteiger charge is -2.19. The molecule has 136 valence electrons. The molecular weight excluding hydrogens is 349 g/mol. The van der Waals surface area contributed by atoms with Crippen molar-refractivity contribution in [3.63, 3.8) is 0 Å². The number of rotatable bonds is 6. The molecule has 0 aliphatic heterocycles. The van der Waals surface area contributed by atoms with Crippen molar-refractivity contribution in [2.45, 2.75) is 12.1 Å². The number of allylic oxidation sites excluding steroid dienone is 1. The second-order valence-corrected chi connectivity index (χ2v) is 5.57. The molecular formula is C19H15F3O4. The zero-order valence-electron chi connectivity index (χ0n) is 13.4. The number of carbonyl (C=O) groups is 2. The van der Waals surface area contributed by atoms with Crippen LogP contribution in [-0.2, 0) is 15.8 Å². The minimum Gasteiger partial charge on any atom is -0.481 e. The van der Waals surface area contributed by atoms with Crippen molar-refractivity contribution >= 4 is 18.0 Å². The molecule has 0 spiro atoms. The lowest BCUT2D eigenvalue weighted by atomic mass is 9.85. The molecule has 0 amide bonds. The predicted octanol–water partition coefficient (Wildman–Crippen LogP) is 4.29. The maximum absolute atomic E-state index is 12.7. The SMILES string of the molecule is O=C(O)C(C(=O)O)C(/C=C/c1ccccc1)c1ccc(C(F)(F)F)cc1. The summed E-state index contributed by atoms with van der Waals surface area (Å²) in [7, 11) is 0. The monoisotopic (exact) mass is 364 g/mol. The Hall–Kier alpha value is -3.09. The van der Waals surface area contributed by atoms with Gasteiger partial charge in [0.15, 0.2) is 5.92 Å². The summed E-state index contributed by atoms with van der Waals surface area (Å²) >= 11 is 0. The Morgan fingerprint density at radius 3 is 1.88 bits per heavy atom. The summed E-state index contributed by atoms with van der Waals surface area (Å²) in [6.07, 6.45) is -1.61. The smallest absolute Gasteiger partial charge is 0.416 e. The van der Waals surface area contributed by atoms with E-state index in [1.165, 1.54) is 6.08 Å². The quantitative estimate of drug-likeness (QED) is 0.750. The zero-order valence-corrected chi connectivity index (χ0v) is 13.4. The number of hydrogen-bond acceptors (Lipinski definition) is 2. The number of benzene rings is 2. The second-order valence-electron chi connectivity index (χ2n) is 5.57. The first kappa shape index (κ1) is 19.2. The van der Waals surface area contributed by atoms with Gasteiger partial charge < -0.3 is 10.2 Å². The van der Waals surface area contributed by atoms with Crippen molar-refractivity contribution in [3.8, 4) is 0 Å². The summed E-state index contributed by atoms with van der Waals surface area (Å²) in [6.45, 7) is 0. The molecule has 0 aliphatic rings. The standard InChI is InChI=1S/C19H15F3O4/c20-19(21,22)14-9-7-13(8-10-14)15(16(17(23)24)18(25)26)11-6-12-4-2-1-3-5-12/h1-11,15-16H,(H,23,24)(H,25,26)/b11-6+. The van der Waals surface area contributed by atoms with Crippen LogP contribution in [-0.4, -0.2) is 22.2 Å². The summed E-state index contributed by atoms with van der Waals surface area (Å²) in [4.78, 5) is 22.8. The zero-order chi connectivity index (χ0) is 19.3. The Bertz CT molecular complexity index is 782. The van der Waals surface area contributed by atoms with Crippen molar-refractivity contribution in [2.24, 2.45) is 5.92 Å². The van der Waals surface area contributed by atoms with Crippen LogP contribution in [0.3, 0.4) is 0 Å². The maximum Gasteiger partial charge on any atom is 0.416 e. The fraction of sp³-hybridized carbons (Fsp3) is 0.158. The van der Waals surface area contributed by atoms with E-state index < -0.39 is 35.5 Å². The largest absolute Gasteiger partial charge is 0.481 e. The highest BCUT2D eigenvalue weighted by Crippen LogP contribution is 2.33. The first-order valence-electron chi connectivity index (χ1n) is 7.56. The van der Waals surface area contributed by atoms with Gasteiger partial charge in [-0.05, 0) is 23.3 Å². The fourth-order valence-corrected chi connectivity index (χ4v) is 2.50. The van der Waals surface area contributed by atoms with E-state index in [-0.39, 0.29) is 5.56 Å². The van der Waals surface area contributed by atoms with Crippen LogP contribution < -0.4 is 0 Å². The Balaban J connectivity index is 2.44. The fourth-order valence-electron chi connectivity index (χ4n) is 2.50. The highest BCUT2D eigenvalue weighted by molar-refractivity contribution is 5.94. The van der Waals surface area contributed by atoms with Crippen molar-refractivity contribution in [3.05, 3.63) is 77.4 Å². The molecule has 2 aromatic rings. The summed E-state index contributed by atoms with van der Waals surface area (Å²) in [6, 6.07) is 12.6. The van der Waals surface area contributed by atoms with Crippen molar-refractivity contribution < 1.29 is 33.0 Å². The third kappa shape index (κ3) is 4.72. The number of carboxylic acid groups (broad SMARTS) is 2. The Morgan fingerprint density at radius 1 is 0.885 bits per heavy atom. The van der Waals surface area contributed by atoms with Gasteiger partial charge in [-0.1, -0.05) is 54.6 Å². The number of hydrogen-bond donors (Lipinski definition) is 2. The van der Waals surface area contributed by atoms with Crippen LogP contribution in [0.25, 0.3) is 6.08 Å². The molecule has 26 heavy (non-hydrogen) atoms. The molecule has 2 aromatic carbocycles. The topological polar surface area (TPSA) is 74.6 Å². The molecule has 7 heteroatoms. The lowest BCUT2D eigenvalue weighted by molar-refractivity contribution is -0.155. The summed E-state index contributed by atoms with van der Waals surface area (Å²) in [5.41, 5.74) is -0.0202. The highest BCUT2D eigenvalue weighted by atomic mass is 19.4. The summed E-state index contributed by atoms with van der Waals surface area (Å²) < 4.78 is 38.1. The highest BCUT2D eigenvalue weighted by Gasteiger charge is 2.35. The first-order valence-corrected chi connectivity index (χ1v) is 7.56. The summed E-state index contributed by atoms with van der Waals surface area (Å²) in [5, 5.41) is 18.5. The van der Waals surface area contributed by atoms with E-state index in [0.29, 0.717) is 5.56 Å². The van der Waals surface area contributed by atoms with Crippen LogP contribution in [0.4, 0.5) is 13.2 Å². The Labute approximate surface area is 147 Å². The van der Waals surface area contributed by atoms with E-state index in [0.717, 1.165) is 24.3 Å². The average Bonchev–Trinajstić information content (AvgIpc) is 2.58. The molecule has 0 bridgehead atoms. The molecule has 1 unspecified atom stereocenters. The minimum absolute atomic E-state index is 0.167. The second kappa shape index (κ2) is 7.86. The normalized spacial score (nSPS) is 13.1. The Kier molecular flexibility index (Phi) is 5.82. The molecule has 0 fully saturated rings. The average molecular weight is 364 g/mol. The molecule has 1 atom stereocenters. The van der Waals surface area contributed by atoms with E-state index in [2.05, 4.69) is 0 Å². The van der Waals surface area contributed by atoms with Crippen LogP contribution in [0, 0.1) is 5.92 Å². The number of aliphatic carboxylic acids is 2. The van der Waals surface area contributed by atoms with Gasteiger partial charge in [0.2, 0.25) is 0 Å². The van der Waals surface area contributed by atoms with Crippen molar-refractivity contribution in [2.75, 3.05) is 0 Å². The molecule has 0 saturated heterocycles. The summed E-state index contributed by atoms with van der Waals surface area (Å²) in [5.74, 6) is -6.10. The van der Waals surface area contributed by atoms with Gasteiger partial charge >= 0.3 is 18.1 Å². The molecule has 0 heterocycles. The van der Waals surface area contributed by atoms with E-state index in [9.17, 15) is 33.0 Å². The van der Waals surface area contributed by atoms with Crippen LogP contribution in [0.5, 0.6) is 0 Å². The molecule has 0 aromatic heterocycles. The minimum atomic E-state index is -4.53. The lowest BCUT2D eigenvalue weighted by Crippen LogP contribution is -2.29. The molecule has 2 N–H and O–H groups in total. The van der Waals surface area contributed by atoms with E-state index >= 15 is 0 Å². The van der Waals surface area contributed by atoms with Crippen molar-refractivity contribution in [1.29, 1.82) is 0 Å². The van der Waals surface area contributed by atoms with Gasteiger partial charge in [-0.2, -0.15) is 13.2 Å². The predicted molar refractivity (Wildman–Crippen MR) is 88.4 cm³/mol. The Morgan fingerprint density at radius 2 is 1.42 bits per heavy atom. The van der Waals surface area contributed by atoms with Gasteiger partial charge in [-0.3, -0.25) is 9.59 Å². The van der Waals surface area contributed by atoms with Crippen molar-refractivity contribution in [1.82, 2.24) is 0 Å². The van der Waals surface area contributed by atoms with E-state index in [4.69, 9.17) is 0 Å². The maximum atomic E-state index is 12.7. The van der Waals surface area contributed by atoms with Crippen LogP contribution in [0.15, 0.2) is 60.7 Å². The molecule has 0 radical (unpaired) electrons. The van der Waals surface area contributed by atoms with Gasteiger partial charge in [0.25, 0.3) is 0 Å². The third-order valence-corrected chi connectivity index (χ3v) is 3.81. The third-order valence-electron chi connectivity index (χ3n) is 3.81. The van der Waals surface area contributed by atoms with Crippen LogP contribution >= 0.6 is 0 Å². The molecule has 0 aliphatic carbocycles. The van der Waals surface area contributed by atoms with Gasteiger partial charge in [0, 0.05) is 5.92 Å². The first-order chi connectivity index (χ1) is 12.2. The number of alkyl halides is 3. The van der Waals surface area contributed by atoms with Crippen LogP contribution in [0.2, 0.25) is 0 Å². The van der Waals surface area contributed by atoms with E-state index in [1.54, 1.807) is 36.4 Å². The van der Waals surface area contributed by atoms with Gasteiger partial charge in [-0.15, -0.1) is 0 Å². The molecule has 0 saturated carbocycles. The van der Waals surface area contributed by atoms with Crippen LogP contribution in [0.1, 0.15) is 22.6 Å². The van der Waals surface area contributed by atoms with Gasteiger partial charge in [0.1, 0.15) is 0 Å². The van der Waals surface area contributed by atoms with Gasteiger partial charge in [0.05, 0.1) is 5.56 Å². The molecule has 2 rings (SSSR count). The number of carboxylic acids is 2. The molecule has 4 nitrogen and oxygen atoms in total. The van der Waals surface area contributed by atoms with E-state index in [1.807, 2.05) is 0 Å². The number of halogens is 3.